The average molecular weight is 527 g/mol. The van der Waals surface area contributed by atoms with Crippen LogP contribution in [0.4, 0.5) is 5.95 Å². The monoisotopic (exact) mass is 526 g/mol. The first kappa shape index (κ1) is 24.3. The van der Waals surface area contributed by atoms with Gasteiger partial charge in [0.2, 0.25) is 5.95 Å². The molecule has 7 heteroatoms. The van der Waals surface area contributed by atoms with Gasteiger partial charge in [-0.2, -0.15) is 0 Å². The summed E-state index contributed by atoms with van der Waals surface area (Å²) in [4.78, 5) is 42.4. The van der Waals surface area contributed by atoms with Gasteiger partial charge in [-0.1, -0.05) is 96.7 Å². The van der Waals surface area contributed by atoms with Crippen LogP contribution in [0.25, 0.3) is 17.1 Å². The number of hydrogen-bond donors (Lipinski definition) is 1. The number of amidine groups is 1. The number of benzene rings is 4. The van der Waals surface area contributed by atoms with Crippen molar-refractivity contribution in [2.75, 3.05) is 4.90 Å². The third-order valence-electron chi connectivity index (χ3n) is 6.04. The first-order valence-corrected chi connectivity index (χ1v) is 13.2. The van der Waals surface area contributed by atoms with Crippen LogP contribution >= 0.6 is 11.8 Å². The minimum atomic E-state index is -0.423. The lowest BCUT2D eigenvalue weighted by atomic mass is 10.2. The highest BCUT2D eigenvalue weighted by atomic mass is 32.2. The van der Waals surface area contributed by atoms with Gasteiger partial charge in [0.05, 0.1) is 11.0 Å². The van der Waals surface area contributed by atoms with E-state index in [0.29, 0.717) is 11.8 Å². The second kappa shape index (κ2) is 10.8. The number of anilines is 1. The van der Waals surface area contributed by atoms with E-state index in [0.717, 1.165) is 32.0 Å². The van der Waals surface area contributed by atoms with Gasteiger partial charge in [-0.25, -0.2) is 14.9 Å². The SMILES string of the molecule is O=C(C=Cc1ccccc1)C=C1N=C(c2ccccc2)N(c2nc3ccc(Sc4ccccc4)cc3[nH]2)C1=O. The number of imidazole rings is 1. The summed E-state index contributed by atoms with van der Waals surface area (Å²) in [6.07, 6.45) is 4.41. The molecule has 0 radical (unpaired) electrons. The van der Waals surface area contributed by atoms with Crippen molar-refractivity contribution in [1.29, 1.82) is 0 Å². The zero-order chi connectivity index (χ0) is 26.6. The van der Waals surface area contributed by atoms with E-state index >= 15 is 0 Å². The average Bonchev–Trinajstić information content (AvgIpc) is 3.53. The molecule has 5 aromatic rings. The van der Waals surface area contributed by atoms with E-state index in [4.69, 9.17) is 4.98 Å². The molecule has 0 atom stereocenters. The molecule has 1 amide bonds. The number of carbonyl (C=O) groups excluding carboxylic acids is 2. The topological polar surface area (TPSA) is 78.4 Å². The Balaban J connectivity index is 1.33. The van der Waals surface area contributed by atoms with Gasteiger partial charge in [0, 0.05) is 21.4 Å². The molecular formula is C32H22N4O2S. The van der Waals surface area contributed by atoms with Crippen molar-refractivity contribution in [3.05, 3.63) is 138 Å². The molecule has 0 saturated heterocycles. The molecule has 1 N–H and O–H groups in total. The summed E-state index contributed by atoms with van der Waals surface area (Å²) < 4.78 is 0. The fourth-order valence-corrected chi connectivity index (χ4v) is 5.07. The number of allylic oxidation sites excluding steroid dienone is 2. The Bertz CT molecular complexity index is 1760. The number of nitrogens with zero attached hydrogens (tertiary/aromatic N) is 3. The summed E-state index contributed by atoms with van der Waals surface area (Å²) >= 11 is 1.65. The highest BCUT2D eigenvalue weighted by Crippen LogP contribution is 2.31. The molecule has 0 aliphatic carbocycles. The van der Waals surface area contributed by atoms with E-state index in [1.54, 1.807) is 17.8 Å². The van der Waals surface area contributed by atoms with Crippen LogP contribution in [0.15, 0.2) is 142 Å². The summed E-state index contributed by atoms with van der Waals surface area (Å²) in [7, 11) is 0. The number of H-pyrrole nitrogens is 1. The number of ketones is 1. The van der Waals surface area contributed by atoms with E-state index in [-0.39, 0.29) is 11.5 Å². The minimum absolute atomic E-state index is 0.0531. The second-order valence-electron chi connectivity index (χ2n) is 8.77. The number of aromatic amines is 1. The number of aliphatic imine (C=N–C) groups is 1. The number of hydrogen-bond acceptors (Lipinski definition) is 5. The lowest BCUT2D eigenvalue weighted by Crippen LogP contribution is -2.33. The maximum atomic E-state index is 13.6. The molecule has 1 aliphatic heterocycles. The third-order valence-corrected chi connectivity index (χ3v) is 7.04. The Kier molecular flexibility index (Phi) is 6.72. The van der Waals surface area contributed by atoms with Crippen LogP contribution in [-0.2, 0) is 9.59 Å². The molecule has 0 unspecified atom stereocenters. The van der Waals surface area contributed by atoms with Gasteiger partial charge < -0.3 is 4.98 Å². The Morgan fingerprint density at radius 1 is 0.821 bits per heavy atom. The van der Waals surface area contributed by atoms with E-state index in [2.05, 4.69) is 22.1 Å². The number of aromatic nitrogens is 2. The van der Waals surface area contributed by atoms with Gasteiger partial charge in [-0.15, -0.1) is 0 Å². The predicted octanol–water partition coefficient (Wildman–Crippen LogP) is 6.67. The van der Waals surface area contributed by atoms with Crippen molar-refractivity contribution in [3.8, 4) is 0 Å². The van der Waals surface area contributed by atoms with Crippen molar-refractivity contribution in [2.45, 2.75) is 9.79 Å². The van der Waals surface area contributed by atoms with E-state index in [1.807, 2.05) is 97.1 Å². The smallest absolute Gasteiger partial charge is 0.285 e. The van der Waals surface area contributed by atoms with Gasteiger partial charge >= 0.3 is 0 Å². The van der Waals surface area contributed by atoms with E-state index in [1.165, 1.54) is 17.1 Å². The normalized spacial score (nSPS) is 14.5. The first-order chi connectivity index (χ1) is 19.1. The third kappa shape index (κ3) is 5.35. The number of nitrogens with one attached hydrogen (secondary N) is 1. The molecule has 0 saturated carbocycles. The van der Waals surface area contributed by atoms with Crippen LogP contribution in [0.2, 0.25) is 0 Å². The van der Waals surface area contributed by atoms with Gasteiger partial charge in [0.1, 0.15) is 5.70 Å². The molecule has 0 bridgehead atoms. The Morgan fingerprint density at radius 2 is 1.51 bits per heavy atom. The van der Waals surface area contributed by atoms with Crippen LogP contribution in [0, 0.1) is 0 Å². The molecule has 1 aromatic heterocycles. The zero-order valence-corrected chi connectivity index (χ0v) is 21.5. The first-order valence-electron chi connectivity index (χ1n) is 12.3. The maximum absolute atomic E-state index is 13.6. The molecule has 0 fully saturated rings. The highest BCUT2D eigenvalue weighted by Gasteiger charge is 2.34. The fourth-order valence-electron chi connectivity index (χ4n) is 4.19. The van der Waals surface area contributed by atoms with Crippen LogP contribution in [0.3, 0.4) is 0 Å². The minimum Gasteiger partial charge on any atom is -0.323 e. The van der Waals surface area contributed by atoms with Gasteiger partial charge in [0.25, 0.3) is 5.91 Å². The molecule has 188 valence electrons. The Morgan fingerprint density at radius 3 is 2.26 bits per heavy atom. The fraction of sp³-hybridized carbons (Fsp3) is 0. The number of rotatable bonds is 7. The number of fused-ring (bicyclic) bond motifs is 1. The largest absolute Gasteiger partial charge is 0.323 e. The summed E-state index contributed by atoms with van der Waals surface area (Å²) in [6, 6.07) is 35.0. The van der Waals surface area contributed by atoms with Gasteiger partial charge in [0.15, 0.2) is 11.6 Å². The van der Waals surface area contributed by atoms with Gasteiger partial charge in [-0.3, -0.25) is 9.59 Å². The predicted molar refractivity (Wildman–Crippen MR) is 156 cm³/mol. The molecule has 6 rings (SSSR count). The maximum Gasteiger partial charge on any atom is 0.285 e. The number of amides is 1. The lowest BCUT2D eigenvalue weighted by molar-refractivity contribution is -0.115. The molecule has 6 nitrogen and oxygen atoms in total. The van der Waals surface area contributed by atoms with Crippen molar-refractivity contribution in [3.63, 3.8) is 0 Å². The van der Waals surface area contributed by atoms with Crippen LogP contribution < -0.4 is 4.90 Å². The number of carbonyl (C=O) groups is 2. The standard InChI is InChI=1S/C32H22N4O2S/c37-24(17-16-22-10-4-1-5-11-22)20-29-31(38)36(30(33-29)23-12-6-2-7-13-23)32-34-27-19-18-26(21-28(27)35-32)39-25-14-8-3-9-15-25/h1-21H,(H,34,35). The molecule has 39 heavy (non-hydrogen) atoms. The van der Waals surface area contributed by atoms with Crippen LogP contribution in [0.1, 0.15) is 11.1 Å². The summed E-state index contributed by atoms with van der Waals surface area (Å²) in [6.45, 7) is 0. The van der Waals surface area contributed by atoms with Crippen molar-refractivity contribution >= 4 is 52.3 Å². The molecule has 0 spiro atoms. The molecule has 4 aromatic carbocycles. The summed E-state index contributed by atoms with van der Waals surface area (Å²) in [5.74, 6) is 0.000392. The van der Waals surface area contributed by atoms with Gasteiger partial charge in [-0.05, 0) is 42.0 Å². The Labute approximate surface area is 229 Å². The van der Waals surface area contributed by atoms with Crippen LogP contribution in [0.5, 0.6) is 0 Å². The Hall–Kier alpha value is -5.01. The molecule has 2 heterocycles. The summed E-state index contributed by atoms with van der Waals surface area (Å²) in [5.41, 5.74) is 3.20. The highest BCUT2D eigenvalue weighted by molar-refractivity contribution is 7.99. The molecule has 1 aliphatic rings. The van der Waals surface area contributed by atoms with Crippen LogP contribution in [-0.4, -0.2) is 27.5 Å². The van der Waals surface area contributed by atoms with E-state index < -0.39 is 5.91 Å². The molecular weight excluding hydrogens is 504 g/mol. The second-order valence-corrected chi connectivity index (χ2v) is 9.92. The zero-order valence-electron chi connectivity index (χ0n) is 20.7. The quantitative estimate of drug-likeness (QED) is 0.240. The van der Waals surface area contributed by atoms with Crippen molar-refractivity contribution in [1.82, 2.24) is 9.97 Å². The van der Waals surface area contributed by atoms with E-state index in [9.17, 15) is 9.59 Å². The summed E-state index contributed by atoms with van der Waals surface area (Å²) in [5, 5.41) is 0. The van der Waals surface area contributed by atoms with Crippen molar-refractivity contribution < 1.29 is 9.59 Å². The lowest BCUT2D eigenvalue weighted by Gasteiger charge is -2.14. The van der Waals surface area contributed by atoms with Crippen molar-refractivity contribution in [2.24, 2.45) is 4.99 Å².